The summed E-state index contributed by atoms with van der Waals surface area (Å²) >= 11 is 0. The molecule has 48 heavy (non-hydrogen) atoms. The number of rotatable bonds is 36. The van der Waals surface area contributed by atoms with Gasteiger partial charge in [-0.25, -0.2) is 0 Å². The van der Waals surface area contributed by atoms with E-state index in [1.807, 2.05) is 20.2 Å². The third-order valence-corrected chi connectivity index (χ3v) is 8.89. The maximum atomic E-state index is 12.5. The fraction of sp³-hybridized carbons (Fsp3) is 0.833. The summed E-state index contributed by atoms with van der Waals surface area (Å²) in [6, 6.07) is 0. The highest BCUT2D eigenvalue weighted by molar-refractivity contribution is 5.78. The van der Waals surface area contributed by atoms with Gasteiger partial charge in [-0.2, -0.15) is 0 Å². The van der Waals surface area contributed by atoms with Crippen molar-refractivity contribution in [3.8, 4) is 0 Å². The van der Waals surface area contributed by atoms with Crippen molar-refractivity contribution in [3.05, 3.63) is 24.3 Å². The summed E-state index contributed by atoms with van der Waals surface area (Å²) in [5.74, 6) is 0.217. The number of carbonyl (C=O) groups excluding carboxylic acids is 3. The van der Waals surface area contributed by atoms with E-state index < -0.39 is 0 Å². The molecule has 0 bridgehead atoms. The minimum atomic E-state index is -0.102. The van der Waals surface area contributed by atoms with Gasteiger partial charge in [-0.1, -0.05) is 115 Å². The minimum Gasteiger partial charge on any atom is -0.462 e. The largest absolute Gasteiger partial charge is 0.462 e. The van der Waals surface area contributed by atoms with Gasteiger partial charge in [0.05, 0.1) is 0 Å². The summed E-state index contributed by atoms with van der Waals surface area (Å²) in [5, 5.41) is 0. The van der Waals surface area contributed by atoms with E-state index in [9.17, 15) is 14.4 Å². The summed E-state index contributed by atoms with van der Waals surface area (Å²) in [7, 11) is 4.05. The van der Waals surface area contributed by atoms with E-state index in [0.717, 1.165) is 109 Å². The fourth-order valence-corrected chi connectivity index (χ4v) is 5.82. The molecule has 0 rings (SSSR count). The van der Waals surface area contributed by atoms with E-state index >= 15 is 0 Å². The summed E-state index contributed by atoms with van der Waals surface area (Å²) in [4.78, 5) is 38.8. The number of Topliss-reactive ketones (excluding diaryl/α,β-unsaturated/α-hetero) is 1. The molecule has 0 radical (unpaired) electrons. The van der Waals surface area contributed by atoms with E-state index in [0.29, 0.717) is 38.1 Å². The van der Waals surface area contributed by atoms with E-state index in [-0.39, 0.29) is 18.0 Å². The SMILES string of the molecule is CCCCCCC=CCCC(=O)CCCCCCCC(CCCCCCCC(=O)OCC=CCCCCCC)OC(=O)CCCN(C)C. The minimum absolute atomic E-state index is 0.00666. The third-order valence-electron chi connectivity index (χ3n) is 8.89. The molecule has 6 nitrogen and oxygen atoms in total. The quantitative estimate of drug-likeness (QED) is 0.0374. The van der Waals surface area contributed by atoms with E-state index in [1.165, 1.54) is 51.4 Å². The average molecular weight is 676 g/mol. The Bertz CT molecular complexity index is 754. The molecule has 0 saturated carbocycles. The van der Waals surface area contributed by atoms with Crippen molar-refractivity contribution in [1.29, 1.82) is 0 Å². The van der Waals surface area contributed by atoms with Crippen molar-refractivity contribution in [3.63, 3.8) is 0 Å². The molecular weight excluding hydrogens is 598 g/mol. The Morgan fingerprint density at radius 2 is 1.02 bits per heavy atom. The molecule has 0 heterocycles. The molecule has 0 aliphatic heterocycles. The molecule has 6 heteroatoms. The van der Waals surface area contributed by atoms with Crippen LogP contribution < -0.4 is 0 Å². The molecular formula is C42H77NO5. The lowest BCUT2D eigenvalue weighted by atomic mass is 10.0. The zero-order chi connectivity index (χ0) is 35.3. The standard InChI is InChI=1S/C42H77NO5/c1-5-7-9-11-13-14-18-24-31-39(44)32-25-19-16-20-26-33-40(48-42(46)36-30-37-43(3)4)34-27-21-17-22-28-35-41(45)47-38-29-23-15-12-10-8-6-2/h14,18,23,29,40H,5-13,15-17,19-22,24-28,30-38H2,1-4H3. The molecule has 0 aromatic rings. The zero-order valence-corrected chi connectivity index (χ0v) is 32.1. The summed E-state index contributed by atoms with van der Waals surface area (Å²) in [5.41, 5.74) is 0. The van der Waals surface area contributed by atoms with E-state index in [2.05, 4.69) is 37.0 Å². The van der Waals surface area contributed by atoms with Crippen LogP contribution in [0.2, 0.25) is 0 Å². The first-order valence-electron chi connectivity index (χ1n) is 20.2. The summed E-state index contributed by atoms with van der Waals surface area (Å²) in [6.45, 7) is 5.73. The number of unbranched alkanes of at least 4 members (excludes halogenated alkanes) is 16. The average Bonchev–Trinajstić information content (AvgIpc) is 3.05. The van der Waals surface area contributed by atoms with Crippen LogP contribution in [0.4, 0.5) is 0 Å². The number of hydrogen-bond donors (Lipinski definition) is 0. The van der Waals surface area contributed by atoms with Crippen LogP contribution in [0.25, 0.3) is 0 Å². The zero-order valence-electron chi connectivity index (χ0n) is 32.1. The molecule has 1 unspecified atom stereocenters. The molecule has 0 spiro atoms. The highest BCUT2D eigenvalue weighted by Gasteiger charge is 2.14. The van der Waals surface area contributed by atoms with Crippen molar-refractivity contribution in [2.75, 3.05) is 27.2 Å². The van der Waals surface area contributed by atoms with Gasteiger partial charge in [-0.05, 0) is 97.7 Å². The highest BCUT2D eigenvalue weighted by atomic mass is 16.5. The van der Waals surface area contributed by atoms with Crippen molar-refractivity contribution in [2.45, 2.75) is 200 Å². The number of allylic oxidation sites excluding steroid dienone is 3. The van der Waals surface area contributed by atoms with Gasteiger partial charge in [0.2, 0.25) is 0 Å². The number of hydrogen-bond acceptors (Lipinski definition) is 6. The molecule has 280 valence electrons. The lowest BCUT2D eigenvalue weighted by molar-refractivity contribution is -0.150. The number of carbonyl (C=O) groups is 3. The molecule has 0 N–H and O–H groups in total. The molecule has 0 fully saturated rings. The molecule has 0 amide bonds. The van der Waals surface area contributed by atoms with Crippen LogP contribution in [0.1, 0.15) is 194 Å². The molecule has 1 atom stereocenters. The Morgan fingerprint density at radius 1 is 0.521 bits per heavy atom. The van der Waals surface area contributed by atoms with Crippen molar-refractivity contribution >= 4 is 17.7 Å². The fourth-order valence-electron chi connectivity index (χ4n) is 5.82. The first kappa shape index (κ1) is 46.0. The first-order valence-corrected chi connectivity index (χ1v) is 20.2. The van der Waals surface area contributed by atoms with Crippen molar-refractivity contribution in [1.82, 2.24) is 4.90 Å². The van der Waals surface area contributed by atoms with Crippen LogP contribution in [0.15, 0.2) is 24.3 Å². The van der Waals surface area contributed by atoms with Crippen LogP contribution in [0.3, 0.4) is 0 Å². The van der Waals surface area contributed by atoms with Gasteiger partial charge < -0.3 is 14.4 Å². The van der Waals surface area contributed by atoms with Crippen LogP contribution in [-0.2, 0) is 23.9 Å². The number of esters is 2. The van der Waals surface area contributed by atoms with Crippen LogP contribution >= 0.6 is 0 Å². The Hall–Kier alpha value is -1.95. The van der Waals surface area contributed by atoms with Crippen LogP contribution in [-0.4, -0.2) is 56.0 Å². The monoisotopic (exact) mass is 676 g/mol. The molecule has 0 aliphatic carbocycles. The number of nitrogens with zero attached hydrogens (tertiary/aromatic N) is 1. The van der Waals surface area contributed by atoms with Crippen LogP contribution in [0.5, 0.6) is 0 Å². The Morgan fingerprint density at radius 3 is 1.62 bits per heavy atom. The predicted molar refractivity (Wildman–Crippen MR) is 203 cm³/mol. The number of ketones is 1. The van der Waals surface area contributed by atoms with Gasteiger partial charge in [-0.15, -0.1) is 0 Å². The second-order valence-corrected chi connectivity index (χ2v) is 14.0. The van der Waals surface area contributed by atoms with E-state index in [4.69, 9.17) is 9.47 Å². The van der Waals surface area contributed by atoms with Gasteiger partial charge in [0, 0.05) is 25.7 Å². The summed E-state index contributed by atoms with van der Waals surface area (Å²) in [6.07, 6.45) is 37.3. The first-order chi connectivity index (χ1) is 23.4. The Kier molecular flexibility index (Phi) is 34.9. The molecule has 0 aromatic carbocycles. The third kappa shape index (κ3) is 35.4. The molecule has 0 aliphatic rings. The number of ether oxygens (including phenoxy) is 2. The maximum Gasteiger partial charge on any atom is 0.306 e. The smallest absolute Gasteiger partial charge is 0.306 e. The highest BCUT2D eigenvalue weighted by Crippen LogP contribution is 2.18. The topological polar surface area (TPSA) is 72.9 Å². The predicted octanol–water partition coefficient (Wildman–Crippen LogP) is 11.6. The van der Waals surface area contributed by atoms with E-state index in [1.54, 1.807) is 0 Å². The molecule has 0 saturated heterocycles. The van der Waals surface area contributed by atoms with Crippen LogP contribution in [0, 0.1) is 0 Å². The van der Waals surface area contributed by atoms with Gasteiger partial charge in [-0.3, -0.25) is 14.4 Å². The Labute approximate surface area is 297 Å². The second-order valence-electron chi connectivity index (χ2n) is 14.0. The van der Waals surface area contributed by atoms with Gasteiger partial charge in [0.1, 0.15) is 18.5 Å². The normalized spacial score (nSPS) is 12.4. The van der Waals surface area contributed by atoms with Crippen molar-refractivity contribution in [2.24, 2.45) is 0 Å². The maximum absolute atomic E-state index is 12.5. The second kappa shape index (κ2) is 36.3. The molecule has 0 aromatic heterocycles. The lowest BCUT2D eigenvalue weighted by Gasteiger charge is -2.18. The van der Waals surface area contributed by atoms with Crippen molar-refractivity contribution < 1.29 is 23.9 Å². The lowest BCUT2D eigenvalue weighted by Crippen LogP contribution is -2.20. The van der Waals surface area contributed by atoms with Gasteiger partial charge in [0.25, 0.3) is 0 Å². The Balaban J connectivity index is 4.11. The summed E-state index contributed by atoms with van der Waals surface area (Å²) < 4.78 is 11.3. The van der Waals surface area contributed by atoms with Gasteiger partial charge in [0.15, 0.2) is 0 Å². The van der Waals surface area contributed by atoms with Gasteiger partial charge >= 0.3 is 11.9 Å².